The average Bonchev–Trinajstić information content (AvgIpc) is 3.12. The Hall–Kier alpha value is -3.23. The van der Waals surface area contributed by atoms with Crippen LogP contribution in [0, 0.1) is 0 Å². The summed E-state index contributed by atoms with van der Waals surface area (Å²) in [6.45, 7) is 3.77. The van der Waals surface area contributed by atoms with Crippen LogP contribution in [0.3, 0.4) is 0 Å². The van der Waals surface area contributed by atoms with E-state index in [0.29, 0.717) is 22.5 Å². The molecule has 30 heavy (non-hydrogen) atoms. The third-order valence-corrected chi connectivity index (χ3v) is 5.47. The second kappa shape index (κ2) is 8.25. The number of rotatable bonds is 5. The zero-order valence-electron chi connectivity index (χ0n) is 15.9. The lowest BCUT2D eigenvalue weighted by Gasteiger charge is -2.36. The van der Waals surface area contributed by atoms with E-state index in [9.17, 15) is 9.59 Å². The number of carboxylic acid groups (broad SMARTS) is 2. The van der Waals surface area contributed by atoms with Gasteiger partial charge >= 0.3 is 12.1 Å². The van der Waals surface area contributed by atoms with E-state index in [1.165, 1.54) is 6.07 Å². The lowest BCUT2D eigenvalue weighted by molar-refractivity contribution is 0.0696. The SMILES string of the molecule is O=C(O)Oc1cc2c(Cl)c(N3CCN(Cc4cccc(C(=O)O)c4)CC3)ccc2o1. The van der Waals surface area contributed by atoms with Gasteiger partial charge in [-0.1, -0.05) is 23.7 Å². The van der Waals surface area contributed by atoms with Gasteiger partial charge in [0.05, 0.1) is 16.3 Å². The molecule has 0 amide bonds. The van der Waals surface area contributed by atoms with Crippen LogP contribution in [0.25, 0.3) is 11.0 Å². The van der Waals surface area contributed by atoms with Crippen LogP contribution in [-0.4, -0.2) is 53.4 Å². The zero-order valence-corrected chi connectivity index (χ0v) is 16.6. The molecule has 1 fully saturated rings. The zero-order chi connectivity index (χ0) is 21.3. The van der Waals surface area contributed by atoms with Crippen molar-refractivity contribution in [2.24, 2.45) is 0 Å². The Bertz CT molecular complexity index is 1100. The topological polar surface area (TPSA) is 103 Å². The number of benzene rings is 2. The smallest absolute Gasteiger partial charge is 0.478 e. The lowest BCUT2D eigenvalue weighted by Crippen LogP contribution is -2.46. The molecular formula is C21H19ClN2O6. The van der Waals surface area contributed by atoms with Crippen molar-refractivity contribution >= 4 is 40.4 Å². The molecular weight excluding hydrogens is 412 g/mol. The lowest BCUT2D eigenvalue weighted by atomic mass is 10.1. The van der Waals surface area contributed by atoms with E-state index in [0.717, 1.165) is 37.4 Å². The monoisotopic (exact) mass is 430 g/mol. The number of hydrogen-bond donors (Lipinski definition) is 2. The molecule has 8 nitrogen and oxygen atoms in total. The second-order valence-electron chi connectivity index (χ2n) is 7.01. The summed E-state index contributed by atoms with van der Waals surface area (Å²) in [6.07, 6.45) is -1.45. The van der Waals surface area contributed by atoms with E-state index in [2.05, 4.69) is 14.5 Å². The number of anilines is 1. The first-order chi connectivity index (χ1) is 14.4. The number of fused-ring (bicyclic) bond motifs is 1. The summed E-state index contributed by atoms with van der Waals surface area (Å²) in [6, 6.07) is 12.1. The van der Waals surface area contributed by atoms with Crippen molar-refractivity contribution in [3.05, 3.63) is 58.6 Å². The minimum Gasteiger partial charge on any atom is -0.478 e. The van der Waals surface area contributed by atoms with Gasteiger partial charge in [0.15, 0.2) is 0 Å². The van der Waals surface area contributed by atoms with Crippen molar-refractivity contribution in [1.82, 2.24) is 4.90 Å². The molecule has 0 atom stereocenters. The van der Waals surface area contributed by atoms with Gasteiger partial charge in [-0.15, -0.1) is 0 Å². The summed E-state index contributed by atoms with van der Waals surface area (Å²) >= 11 is 6.56. The van der Waals surface area contributed by atoms with Crippen molar-refractivity contribution in [3.8, 4) is 5.95 Å². The maximum atomic E-state index is 11.1. The molecule has 1 aliphatic heterocycles. The molecule has 0 aliphatic carbocycles. The van der Waals surface area contributed by atoms with Crippen LogP contribution < -0.4 is 9.64 Å². The Morgan fingerprint density at radius 2 is 1.83 bits per heavy atom. The van der Waals surface area contributed by atoms with E-state index in [-0.39, 0.29) is 11.5 Å². The molecule has 1 aromatic heterocycles. The summed E-state index contributed by atoms with van der Waals surface area (Å²) < 4.78 is 9.92. The number of hydrogen-bond acceptors (Lipinski definition) is 6. The molecule has 4 rings (SSSR count). The van der Waals surface area contributed by atoms with Gasteiger partial charge in [0.2, 0.25) is 0 Å². The van der Waals surface area contributed by atoms with Crippen molar-refractivity contribution in [1.29, 1.82) is 0 Å². The number of halogens is 1. The minimum atomic E-state index is -1.45. The number of carboxylic acids is 1. The fraction of sp³-hybridized carbons (Fsp3) is 0.238. The summed E-state index contributed by atoms with van der Waals surface area (Å²) in [7, 11) is 0. The highest BCUT2D eigenvalue weighted by Crippen LogP contribution is 2.37. The molecule has 9 heteroatoms. The van der Waals surface area contributed by atoms with Gasteiger partial charge in [-0.25, -0.2) is 9.59 Å². The molecule has 2 N–H and O–H groups in total. The van der Waals surface area contributed by atoms with Crippen LogP contribution >= 0.6 is 11.6 Å². The number of aromatic carboxylic acids is 1. The number of nitrogens with zero attached hydrogens (tertiary/aromatic N) is 2. The highest BCUT2D eigenvalue weighted by Gasteiger charge is 2.22. The van der Waals surface area contributed by atoms with Crippen molar-refractivity contribution < 1.29 is 29.0 Å². The molecule has 156 valence electrons. The van der Waals surface area contributed by atoms with Gasteiger partial charge in [-0.3, -0.25) is 4.90 Å². The average molecular weight is 431 g/mol. The molecule has 0 saturated carbocycles. The Labute approximate surface area is 176 Å². The van der Waals surface area contributed by atoms with Gasteiger partial charge in [-0.2, -0.15) is 0 Å². The van der Waals surface area contributed by atoms with Crippen molar-refractivity contribution in [3.63, 3.8) is 0 Å². The first-order valence-corrected chi connectivity index (χ1v) is 9.71. The number of piperazine rings is 1. The van der Waals surface area contributed by atoms with Crippen molar-refractivity contribution in [2.75, 3.05) is 31.1 Å². The quantitative estimate of drug-likeness (QED) is 0.581. The van der Waals surface area contributed by atoms with Crippen LogP contribution in [0.1, 0.15) is 15.9 Å². The number of carbonyl (C=O) groups is 2. The van der Waals surface area contributed by atoms with Crippen LogP contribution in [0.4, 0.5) is 10.5 Å². The summed E-state index contributed by atoms with van der Waals surface area (Å²) in [4.78, 5) is 26.3. The summed E-state index contributed by atoms with van der Waals surface area (Å²) in [5.74, 6) is -1.05. The van der Waals surface area contributed by atoms with Crippen LogP contribution in [0.15, 0.2) is 46.9 Å². The van der Waals surface area contributed by atoms with Gasteiger partial charge < -0.3 is 24.3 Å². The van der Waals surface area contributed by atoms with Gasteiger partial charge in [0, 0.05) is 44.2 Å². The number of ether oxygens (including phenoxy) is 1. The molecule has 0 unspecified atom stereocenters. The maximum absolute atomic E-state index is 11.1. The predicted octanol–water partition coefficient (Wildman–Crippen LogP) is 4.16. The highest BCUT2D eigenvalue weighted by molar-refractivity contribution is 6.38. The third-order valence-electron chi connectivity index (χ3n) is 5.07. The van der Waals surface area contributed by atoms with Crippen LogP contribution in [-0.2, 0) is 6.54 Å². The Morgan fingerprint density at radius 1 is 1.07 bits per heavy atom. The second-order valence-corrected chi connectivity index (χ2v) is 7.39. The van der Waals surface area contributed by atoms with E-state index >= 15 is 0 Å². The molecule has 0 bridgehead atoms. The Balaban J connectivity index is 1.44. The number of furan rings is 1. The van der Waals surface area contributed by atoms with Gasteiger partial charge in [-0.05, 0) is 29.8 Å². The Kier molecular flexibility index (Phi) is 5.52. The molecule has 1 saturated heterocycles. The molecule has 3 aromatic rings. The highest BCUT2D eigenvalue weighted by atomic mass is 35.5. The standard InChI is InChI=1S/C21H19ClN2O6/c22-19-15-11-18(30-21(27)28)29-17(15)5-4-16(19)24-8-6-23(7-9-24)12-13-2-1-3-14(10-13)20(25)26/h1-5,10-11H,6-9,12H2,(H,25,26)(H,27,28). The Morgan fingerprint density at radius 3 is 2.53 bits per heavy atom. The van der Waals surface area contributed by atoms with Gasteiger partial charge in [0.1, 0.15) is 5.58 Å². The van der Waals surface area contributed by atoms with E-state index in [4.69, 9.17) is 26.2 Å². The molecule has 2 heterocycles. The first-order valence-electron chi connectivity index (χ1n) is 9.33. The normalized spacial score (nSPS) is 14.8. The molecule has 2 aromatic carbocycles. The van der Waals surface area contributed by atoms with Crippen LogP contribution in [0.2, 0.25) is 5.02 Å². The van der Waals surface area contributed by atoms with Crippen molar-refractivity contribution in [2.45, 2.75) is 6.54 Å². The minimum absolute atomic E-state index is 0.120. The molecule has 1 aliphatic rings. The van der Waals surface area contributed by atoms with E-state index < -0.39 is 12.1 Å². The maximum Gasteiger partial charge on any atom is 0.513 e. The first kappa shape index (κ1) is 20.1. The predicted molar refractivity (Wildman–Crippen MR) is 111 cm³/mol. The van der Waals surface area contributed by atoms with E-state index in [1.807, 2.05) is 12.1 Å². The molecule has 0 spiro atoms. The summed E-state index contributed by atoms with van der Waals surface area (Å²) in [5, 5.41) is 19.0. The third kappa shape index (κ3) is 4.19. The molecule has 0 radical (unpaired) electrons. The fourth-order valence-corrected chi connectivity index (χ4v) is 3.96. The largest absolute Gasteiger partial charge is 0.513 e. The van der Waals surface area contributed by atoms with Gasteiger partial charge in [0.25, 0.3) is 5.95 Å². The fourth-order valence-electron chi connectivity index (χ4n) is 3.63. The van der Waals surface area contributed by atoms with E-state index in [1.54, 1.807) is 24.3 Å². The van der Waals surface area contributed by atoms with Crippen LogP contribution in [0.5, 0.6) is 5.95 Å². The summed E-state index contributed by atoms with van der Waals surface area (Å²) in [5.41, 5.74) is 2.56.